The van der Waals surface area contributed by atoms with Crippen molar-refractivity contribution in [3.05, 3.63) is 70.3 Å². The first-order chi connectivity index (χ1) is 15.1. The molecule has 0 fully saturated rings. The number of benzene rings is 2. The van der Waals surface area contributed by atoms with Crippen LogP contribution < -0.4 is 5.48 Å². The molecule has 2 aromatic rings. The van der Waals surface area contributed by atoms with Gasteiger partial charge in [-0.15, -0.1) is 0 Å². The number of oxime groups is 1. The highest BCUT2D eigenvalue weighted by molar-refractivity contribution is 6.02. The van der Waals surface area contributed by atoms with Crippen molar-refractivity contribution in [3.8, 4) is 0 Å². The molecular formula is C21H21F5N2O4. The van der Waals surface area contributed by atoms with E-state index < -0.39 is 41.5 Å². The predicted octanol–water partition coefficient (Wildman–Crippen LogP) is 4.56. The Labute approximate surface area is 180 Å². The molecule has 0 spiro atoms. The normalized spacial score (nSPS) is 13.2. The van der Waals surface area contributed by atoms with Crippen LogP contribution in [-0.2, 0) is 32.0 Å². The number of hydrogen-bond donors (Lipinski definition) is 1. The number of aryl methyl sites for hydroxylation is 1. The van der Waals surface area contributed by atoms with Crippen molar-refractivity contribution in [1.82, 2.24) is 5.48 Å². The van der Waals surface area contributed by atoms with Gasteiger partial charge in [0.2, 0.25) is 0 Å². The lowest BCUT2D eigenvalue weighted by Crippen LogP contribution is -2.30. The van der Waals surface area contributed by atoms with Crippen molar-refractivity contribution in [3.63, 3.8) is 0 Å². The van der Waals surface area contributed by atoms with Gasteiger partial charge >= 0.3 is 12.1 Å². The van der Waals surface area contributed by atoms with Gasteiger partial charge < -0.3 is 14.4 Å². The van der Waals surface area contributed by atoms with E-state index in [1.165, 1.54) is 14.2 Å². The Balaban J connectivity index is 2.35. The van der Waals surface area contributed by atoms with Crippen molar-refractivity contribution < 1.29 is 41.2 Å². The second-order valence-electron chi connectivity index (χ2n) is 6.55. The van der Waals surface area contributed by atoms with Crippen molar-refractivity contribution >= 4 is 11.7 Å². The molecule has 2 rings (SSSR count). The summed E-state index contributed by atoms with van der Waals surface area (Å²) in [7, 11) is 2.49. The average molecular weight is 460 g/mol. The molecule has 0 bridgehead atoms. The summed E-state index contributed by atoms with van der Waals surface area (Å²) >= 11 is 0. The SMILES string of the molecule is CONC(C(=O)OC)c1cccc(C)c1CO/N=C(/c1cccc(C(F)(F)F)c1)C(F)F. The molecular weight excluding hydrogens is 439 g/mol. The Morgan fingerprint density at radius 3 is 2.41 bits per heavy atom. The van der Waals surface area contributed by atoms with Gasteiger partial charge in [-0.25, -0.2) is 13.6 Å². The number of methoxy groups -OCH3 is 1. The van der Waals surface area contributed by atoms with E-state index in [9.17, 15) is 26.7 Å². The summed E-state index contributed by atoms with van der Waals surface area (Å²) in [4.78, 5) is 22.0. The third kappa shape index (κ3) is 6.24. The van der Waals surface area contributed by atoms with E-state index in [2.05, 4.69) is 10.6 Å². The maximum absolute atomic E-state index is 13.5. The number of rotatable bonds is 9. The molecule has 1 atom stereocenters. The molecule has 0 radical (unpaired) electrons. The van der Waals surface area contributed by atoms with Crippen molar-refractivity contribution in [2.75, 3.05) is 14.2 Å². The number of esters is 1. The number of alkyl halides is 5. The molecule has 0 aliphatic rings. The largest absolute Gasteiger partial charge is 0.468 e. The fourth-order valence-corrected chi connectivity index (χ4v) is 2.91. The van der Waals surface area contributed by atoms with Crippen LogP contribution in [0.2, 0.25) is 0 Å². The molecule has 0 aliphatic carbocycles. The van der Waals surface area contributed by atoms with E-state index in [1.807, 2.05) is 0 Å². The van der Waals surface area contributed by atoms with E-state index in [0.717, 1.165) is 18.2 Å². The number of ether oxygens (including phenoxy) is 1. The van der Waals surface area contributed by atoms with Gasteiger partial charge in [-0.2, -0.15) is 18.7 Å². The lowest BCUT2D eigenvalue weighted by molar-refractivity contribution is -0.147. The lowest BCUT2D eigenvalue weighted by atomic mass is 9.97. The van der Waals surface area contributed by atoms with Crippen LogP contribution in [0.5, 0.6) is 0 Å². The molecule has 2 aromatic carbocycles. The molecule has 0 heterocycles. The second-order valence-corrected chi connectivity index (χ2v) is 6.55. The van der Waals surface area contributed by atoms with Crippen LogP contribution in [0.15, 0.2) is 47.6 Å². The van der Waals surface area contributed by atoms with E-state index in [4.69, 9.17) is 14.4 Å². The van der Waals surface area contributed by atoms with Crippen LogP contribution in [-0.4, -0.2) is 32.3 Å². The van der Waals surface area contributed by atoms with E-state index in [0.29, 0.717) is 22.8 Å². The van der Waals surface area contributed by atoms with Gasteiger partial charge in [0.15, 0.2) is 11.8 Å². The topological polar surface area (TPSA) is 69.2 Å². The monoisotopic (exact) mass is 460 g/mol. The number of hydrogen-bond acceptors (Lipinski definition) is 6. The standard InChI is InChI=1S/C21H21F5N2O4/c1-12-6-4-9-15(18(27-31-3)20(29)30-2)16(12)11-32-28-17(19(22)23)13-7-5-8-14(10-13)21(24,25)26/h4-10,18-19,27H,11H2,1-3H3/b28-17-. The Kier molecular flexibility index (Phi) is 8.67. The minimum Gasteiger partial charge on any atom is -0.468 e. The molecule has 11 heteroatoms. The summed E-state index contributed by atoms with van der Waals surface area (Å²) in [5.74, 6) is -0.667. The molecule has 6 nitrogen and oxygen atoms in total. The van der Waals surface area contributed by atoms with E-state index >= 15 is 0 Å². The van der Waals surface area contributed by atoms with Crippen LogP contribution in [0.25, 0.3) is 0 Å². The Hall–Kier alpha value is -3.05. The summed E-state index contributed by atoms with van der Waals surface area (Å²) in [6, 6.07) is 7.35. The molecule has 0 aliphatic heterocycles. The maximum atomic E-state index is 13.5. The van der Waals surface area contributed by atoms with Gasteiger partial charge in [-0.05, 0) is 30.2 Å². The highest BCUT2D eigenvalue weighted by Gasteiger charge is 2.31. The molecule has 32 heavy (non-hydrogen) atoms. The minimum absolute atomic E-state index is 0.337. The first-order valence-corrected chi connectivity index (χ1v) is 9.20. The van der Waals surface area contributed by atoms with Gasteiger partial charge in [0.25, 0.3) is 6.43 Å². The zero-order chi connectivity index (χ0) is 23.9. The van der Waals surface area contributed by atoms with Crippen LogP contribution in [0.3, 0.4) is 0 Å². The summed E-state index contributed by atoms with van der Waals surface area (Å²) in [6.45, 7) is 1.37. The Morgan fingerprint density at radius 1 is 1.12 bits per heavy atom. The minimum atomic E-state index is -4.70. The second kappa shape index (κ2) is 11.0. The van der Waals surface area contributed by atoms with Crippen LogP contribution >= 0.6 is 0 Å². The zero-order valence-electron chi connectivity index (χ0n) is 17.4. The van der Waals surface area contributed by atoms with E-state index in [1.54, 1.807) is 25.1 Å². The van der Waals surface area contributed by atoms with Gasteiger partial charge in [0, 0.05) is 11.1 Å². The summed E-state index contributed by atoms with van der Waals surface area (Å²) < 4.78 is 70.5. The first kappa shape index (κ1) is 25.2. The molecule has 1 unspecified atom stereocenters. The number of carbonyl (C=O) groups excluding carboxylic acids is 1. The predicted molar refractivity (Wildman–Crippen MR) is 105 cm³/mol. The van der Waals surface area contributed by atoms with Gasteiger partial charge in [0.05, 0.1) is 19.8 Å². The Bertz CT molecular complexity index is 963. The molecule has 0 saturated carbocycles. The third-order valence-electron chi connectivity index (χ3n) is 4.49. The number of nitrogens with one attached hydrogen (secondary N) is 1. The summed E-state index contributed by atoms with van der Waals surface area (Å²) in [6.07, 6.45) is -7.88. The first-order valence-electron chi connectivity index (χ1n) is 9.20. The van der Waals surface area contributed by atoms with Crippen molar-refractivity contribution in [2.45, 2.75) is 32.2 Å². The van der Waals surface area contributed by atoms with Crippen LogP contribution in [0.4, 0.5) is 22.0 Å². The molecule has 0 amide bonds. The van der Waals surface area contributed by atoms with Gasteiger partial charge in [-0.1, -0.05) is 35.5 Å². The fraction of sp³-hybridized carbons (Fsp3) is 0.333. The van der Waals surface area contributed by atoms with E-state index in [-0.39, 0.29) is 6.61 Å². The summed E-state index contributed by atoms with van der Waals surface area (Å²) in [5.41, 5.74) is 1.51. The van der Waals surface area contributed by atoms with Gasteiger partial charge in [0.1, 0.15) is 6.61 Å². The number of halogens is 5. The average Bonchev–Trinajstić information content (AvgIpc) is 2.74. The van der Waals surface area contributed by atoms with Crippen molar-refractivity contribution in [2.24, 2.45) is 5.16 Å². The summed E-state index contributed by atoms with van der Waals surface area (Å²) in [5, 5.41) is 3.40. The quantitative estimate of drug-likeness (QED) is 0.257. The lowest BCUT2D eigenvalue weighted by Gasteiger charge is -2.19. The highest BCUT2D eigenvalue weighted by atomic mass is 19.4. The van der Waals surface area contributed by atoms with Crippen LogP contribution in [0, 0.1) is 6.92 Å². The maximum Gasteiger partial charge on any atom is 0.416 e. The molecule has 0 aromatic heterocycles. The number of carbonyl (C=O) groups is 1. The Morgan fingerprint density at radius 2 is 1.81 bits per heavy atom. The zero-order valence-corrected chi connectivity index (χ0v) is 17.4. The number of nitrogens with zero attached hydrogens (tertiary/aromatic N) is 1. The molecule has 1 N–H and O–H groups in total. The highest BCUT2D eigenvalue weighted by Crippen LogP contribution is 2.30. The van der Waals surface area contributed by atoms with Crippen LogP contribution in [0.1, 0.15) is 33.9 Å². The third-order valence-corrected chi connectivity index (χ3v) is 4.49. The molecule has 174 valence electrons. The number of hydroxylamine groups is 1. The molecule has 0 saturated heterocycles. The van der Waals surface area contributed by atoms with Crippen molar-refractivity contribution in [1.29, 1.82) is 0 Å². The smallest absolute Gasteiger partial charge is 0.416 e. The fourth-order valence-electron chi connectivity index (χ4n) is 2.91. The van der Waals surface area contributed by atoms with Gasteiger partial charge in [-0.3, -0.25) is 0 Å².